The van der Waals surface area contributed by atoms with Crippen LogP contribution in [0.2, 0.25) is 6.04 Å². The highest BCUT2D eigenvalue weighted by molar-refractivity contribution is 6.65. The molecule has 9 heteroatoms. The predicted molar refractivity (Wildman–Crippen MR) is 96.9 cm³/mol. The molecule has 146 valence electrons. The van der Waals surface area contributed by atoms with Crippen molar-refractivity contribution in [3.05, 3.63) is 42.0 Å². The summed E-state index contributed by atoms with van der Waals surface area (Å²) in [6.45, 7) is 3.31. The van der Waals surface area contributed by atoms with E-state index >= 15 is 0 Å². The summed E-state index contributed by atoms with van der Waals surface area (Å²) in [5, 5.41) is 0. The maximum absolute atomic E-state index is 11.7. The average molecular weight is 394 g/mol. The number of hydrogen-bond acceptors (Lipinski definition) is 8. The van der Waals surface area contributed by atoms with E-state index in [1.54, 1.807) is 6.08 Å². The molecule has 0 bridgehead atoms. The minimum atomic E-state index is -3.89. The molecule has 0 aliphatic carbocycles. The minimum Gasteiger partial charge on any atom is -0.463 e. The molecule has 0 aliphatic rings. The first-order valence-corrected chi connectivity index (χ1v) is 10.1. The molecule has 0 atom stereocenters. The summed E-state index contributed by atoms with van der Waals surface area (Å²) in [7, 11) is -3.89. The molecule has 8 nitrogen and oxygen atoms in total. The highest BCUT2D eigenvalue weighted by atomic mass is 28.4. The van der Waals surface area contributed by atoms with Crippen LogP contribution in [0.3, 0.4) is 0 Å². The summed E-state index contributed by atoms with van der Waals surface area (Å²) in [4.78, 5) is 45.7. The van der Waals surface area contributed by atoms with Crippen LogP contribution in [0.15, 0.2) is 36.4 Å². The topological polar surface area (TPSA) is 105 Å². The molecule has 1 rings (SSSR count). The van der Waals surface area contributed by atoms with E-state index in [-0.39, 0.29) is 19.1 Å². The normalized spacial score (nSPS) is 10.9. The minimum absolute atomic E-state index is 0.0312. The van der Waals surface area contributed by atoms with Gasteiger partial charge in [0.05, 0.1) is 12.7 Å². The van der Waals surface area contributed by atoms with Gasteiger partial charge in [0, 0.05) is 26.8 Å². The van der Waals surface area contributed by atoms with Crippen LogP contribution in [-0.2, 0) is 37.2 Å². The second kappa shape index (κ2) is 10.9. The van der Waals surface area contributed by atoms with Gasteiger partial charge in [-0.25, -0.2) is 4.79 Å². The lowest BCUT2D eigenvalue weighted by atomic mass is 10.2. The number of esters is 1. The van der Waals surface area contributed by atoms with Gasteiger partial charge in [-0.1, -0.05) is 30.3 Å². The van der Waals surface area contributed by atoms with Crippen LogP contribution < -0.4 is 0 Å². The zero-order chi connectivity index (χ0) is 20.3. The fourth-order valence-electron chi connectivity index (χ4n) is 2.11. The zero-order valence-corrected chi connectivity index (χ0v) is 16.4. The molecule has 1 aromatic carbocycles. The van der Waals surface area contributed by atoms with E-state index in [4.69, 9.17) is 18.0 Å². The largest absolute Gasteiger partial charge is 0.705 e. The second-order valence-corrected chi connectivity index (χ2v) is 7.96. The Morgan fingerprint density at radius 3 is 1.89 bits per heavy atom. The van der Waals surface area contributed by atoms with Crippen LogP contribution in [-0.4, -0.2) is 39.3 Å². The van der Waals surface area contributed by atoms with Crippen molar-refractivity contribution in [3.63, 3.8) is 0 Å². The van der Waals surface area contributed by atoms with Crippen molar-refractivity contribution in [2.75, 3.05) is 6.61 Å². The molecule has 0 heterocycles. The third-order valence-corrected chi connectivity index (χ3v) is 5.74. The summed E-state index contributed by atoms with van der Waals surface area (Å²) >= 11 is 0. The van der Waals surface area contributed by atoms with Gasteiger partial charge in [0.25, 0.3) is 17.9 Å². The molecule has 0 radical (unpaired) electrons. The van der Waals surface area contributed by atoms with Gasteiger partial charge in [-0.2, -0.15) is 0 Å². The Morgan fingerprint density at radius 1 is 0.889 bits per heavy atom. The Kier molecular flexibility index (Phi) is 8.93. The molecular weight excluding hydrogens is 372 g/mol. The molecule has 0 N–H and O–H groups in total. The predicted octanol–water partition coefficient (Wildman–Crippen LogP) is 2.26. The standard InChI is InChI=1S/C18H22O8Si/c1-14(19)24-27(25-15(2)20,26-16(3)21)13-7-12-23-18(22)11-10-17-8-5-4-6-9-17/h4-6,8-11H,7,12-13H2,1-3H3. The lowest BCUT2D eigenvalue weighted by Crippen LogP contribution is -2.49. The number of benzene rings is 1. The van der Waals surface area contributed by atoms with Gasteiger partial charge in [0.1, 0.15) is 0 Å². The summed E-state index contributed by atoms with van der Waals surface area (Å²) < 4.78 is 20.1. The van der Waals surface area contributed by atoms with E-state index in [1.165, 1.54) is 6.08 Å². The average Bonchev–Trinajstić information content (AvgIpc) is 2.56. The summed E-state index contributed by atoms with van der Waals surface area (Å²) in [5.41, 5.74) is 0.848. The van der Waals surface area contributed by atoms with Crippen LogP contribution in [0.5, 0.6) is 0 Å². The fourth-order valence-corrected chi connectivity index (χ4v) is 4.43. The van der Waals surface area contributed by atoms with Gasteiger partial charge < -0.3 is 18.0 Å². The summed E-state index contributed by atoms with van der Waals surface area (Å²) in [5.74, 6) is -2.79. The maximum atomic E-state index is 11.7. The molecule has 0 amide bonds. The Labute approximate surface area is 158 Å². The van der Waals surface area contributed by atoms with Crippen molar-refractivity contribution in [2.45, 2.75) is 33.2 Å². The molecule has 27 heavy (non-hydrogen) atoms. The molecule has 0 fully saturated rings. The first kappa shape index (κ1) is 22.1. The molecule has 0 aromatic heterocycles. The fraction of sp³-hybridized carbons (Fsp3) is 0.333. The molecule has 0 unspecified atom stereocenters. The van der Waals surface area contributed by atoms with Gasteiger partial charge in [-0.15, -0.1) is 0 Å². The van der Waals surface area contributed by atoms with Gasteiger partial charge in [-0.05, 0) is 18.1 Å². The number of ether oxygens (including phenoxy) is 1. The van der Waals surface area contributed by atoms with Crippen molar-refractivity contribution < 1.29 is 37.2 Å². The van der Waals surface area contributed by atoms with Crippen molar-refractivity contribution in [1.29, 1.82) is 0 Å². The third kappa shape index (κ3) is 9.36. The number of carbonyl (C=O) groups is 4. The lowest BCUT2D eigenvalue weighted by molar-refractivity contribution is -0.148. The van der Waals surface area contributed by atoms with Crippen LogP contribution in [0, 0.1) is 0 Å². The third-order valence-electron chi connectivity index (χ3n) is 2.98. The van der Waals surface area contributed by atoms with Gasteiger partial charge in [0.2, 0.25) is 0 Å². The van der Waals surface area contributed by atoms with Gasteiger partial charge >= 0.3 is 14.8 Å². The number of carbonyl (C=O) groups excluding carboxylic acids is 4. The van der Waals surface area contributed by atoms with E-state index in [0.29, 0.717) is 0 Å². The quantitative estimate of drug-likeness (QED) is 0.272. The van der Waals surface area contributed by atoms with Crippen molar-refractivity contribution >= 4 is 38.8 Å². The van der Waals surface area contributed by atoms with Crippen LogP contribution in [0.1, 0.15) is 32.8 Å². The van der Waals surface area contributed by atoms with Crippen LogP contribution in [0.25, 0.3) is 6.08 Å². The highest BCUT2D eigenvalue weighted by Gasteiger charge is 2.51. The summed E-state index contributed by atoms with van der Waals surface area (Å²) in [6.07, 6.45) is 3.06. The van der Waals surface area contributed by atoms with Gasteiger partial charge in [-0.3, -0.25) is 14.4 Å². The smallest absolute Gasteiger partial charge is 0.463 e. The number of rotatable bonds is 9. The Balaban J connectivity index is 2.60. The van der Waals surface area contributed by atoms with Crippen molar-refractivity contribution in [3.8, 4) is 0 Å². The zero-order valence-electron chi connectivity index (χ0n) is 15.4. The first-order chi connectivity index (χ1) is 12.7. The van der Waals surface area contributed by atoms with Crippen molar-refractivity contribution in [2.24, 2.45) is 0 Å². The Morgan fingerprint density at radius 2 is 1.41 bits per heavy atom. The Hall–Kier alpha value is -2.94. The molecule has 0 saturated heterocycles. The maximum Gasteiger partial charge on any atom is 0.705 e. The molecule has 0 aliphatic heterocycles. The Bertz CT molecular complexity index is 658. The molecule has 1 aromatic rings. The van der Waals surface area contributed by atoms with E-state index in [9.17, 15) is 19.2 Å². The molecule has 0 spiro atoms. The van der Waals surface area contributed by atoms with Crippen LogP contribution in [0.4, 0.5) is 0 Å². The van der Waals surface area contributed by atoms with E-state index in [1.807, 2.05) is 30.3 Å². The SMILES string of the molecule is CC(=O)O[Si](CCCOC(=O)C=Cc1ccccc1)(OC(C)=O)OC(C)=O. The lowest BCUT2D eigenvalue weighted by Gasteiger charge is -2.26. The summed E-state index contributed by atoms with van der Waals surface area (Å²) in [6, 6.07) is 9.16. The first-order valence-electron chi connectivity index (χ1n) is 8.21. The van der Waals surface area contributed by atoms with Crippen molar-refractivity contribution in [1.82, 2.24) is 0 Å². The molecule has 0 saturated carbocycles. The van der Waals surface area contributed by atoms with Crippen LogP contribution >= 0.6 is 0 Å². The highest BCUT2D eigenvalue weighted by Crippen LogP contribution is 2.19. The number of hydrogen-bond donors (Lipinski definition) is 0. The second-order valence-electron chi connectivity index (χ2n) is 5.48. The molecular formula is C18H22O8Si. The van der Waals surface area contributed by atoms with E-state index < -0.39 is 32.7 Å². The van der Waals surface area contributed by atoms with E-state index in [2.05, 4.69) is 0 Å². The van der Waals surface area contributed by atoms with Gasteiger partial charge in [0.15, 0.2) is 0 Å². The monoisotopic (exact) mass is 394 g/mol. The van der Waals surface area contributed by atoms with E-state index in [0.717, 1.165) is 26.3 Å².